The minimum absolute atomic E-state index is 0. The van der Waals surface area contributed by atoms with Crippen LogP contribution in [0, 0.1) is 0 Å². The van der Waals surface area contributed by atoms with Crippen molar-refractivity contribution in [2.75, 3.05) is 13.8 Å². The Morgan fingerprint density at radius 1 is 0.964 bits per heavy atom. The third-order valence-electron chi connectivity index (χ3n) is 3.39. The van der Waals surface area contributed by atoms with Crippen molar-refractivity contribution in [3.05, 3.63) is 58.7 Å². The number of phenolic OH excluding ortho intramolecular Hbond substituents is 1. The van der Waals surface area contributed by atoms with Crippen LogP contribution in [0.5, 0.6) is 11.5 Å². The van der Waals surface area contributed by atoms with Gasteiger partial charge in [-0.15, -0.1) is 0 Å². The number of para-hydroxylation sites is 2. The van der Waals surface area contributed by atoms with Crippen LogP contribution in [-0.2, 0) is 38.6 Å². The number of carbonyl (C=O) groups is 2. The average molecular weight is 470 g/mol. The van der Waals surface area contributed by atoms with E-state index in [1.807, 2.05) is 0 Å². The van der Waals surface area contributed by atoms with Crippen molar-refractivity contribution in [1.82, 2.24) is 0 Å². The molecule has 8 nitrogen and oxygen atoms in total. The predicted octanol–water partition coefficient (Wildman–Crippen LogP) is 2.07. The second kappa shape index (κ2) is 11.9. The normalized spacial score (nSPS) is 10.3. The third kappa shape index (κ3) is 6.20. The van der Waals surface area contributed by atoms with Crippen LogP contribution in [0.1, 0.15) is 31.8 Å². The number of esters is 1. The standard InChI is InChI=1S/C18H16N2O6.Co.Mn/c1-26-18(25)14-7-3-5-12(16(14)22)9-20-10-19-8-11-4-2-6-13(15(11)21)17(23)24;;/h2-9,21-22H,10H2,1H3,(H,23,24);;. The molecule has 0 aliphatic carbocycles. The van der Waals surface area contributed by atoms with Crippen molar-refractivity contribution in [2.24, 2.45) is 9.98 Å². The van der Waals surface area contributed by atoms with Gasteiger partial charge in [0.2, 0.25) is 0 Å². The van der Waals surface area contributed by atoms with E-state index in [4.69, 9.17) is 5.11 Å². The van der Waals surface area contributed by atoms with Gasteiger partial charge < -0.3 is 20.1 Å². The molecule has 0 heterocycles. The van der Waals surface area contributed by atoms with Gasteiger partial charge in [-0.05, 0) is 24.3 Å². The first-order valence-electron chi connectivity index (χ1n) is 7.41. The Hall–Kier alpha value is -2.65. The van der Waals surface area contributed by atoms with E-state index in [2.05, 4.69) is 14.7 Å². The zero-order valence-corrected chi connectivity index (χ0v) is 16.7. The van der Waals surface area contributed by atoms with E-state index in [1.165, 1.54) is 43.8 Å². The number of aromatic carboxylic acids is 1. The molecule has 0 aliphatic rings. The van der Waals surface area contributed by atoms with Crippen molar-refractivity contribution >= 4 is 24.4 Å². The summed E-state index contributed by atoms with van der Waals surface area (Å²) in [5, 5.41) is 28.8. The Morgan fingerprint density at radius 3 is 1.89 bits per heavy atom. The maximum absolute atomic E-state index is 11.5. The Balaban J connectivity index is 0.00000364. The number of carbonyl (C=O) groups excluding carboxylic acids is 1. The first kappa shape index (κ1) is 25.3. The summed E-state index contributed by atoms with van der Waals surface area (Å²) in [6.07, 6.45) is 2.64. The molecule has 0 amide bonds. The second-order valence-electron chi connectivity index (χ2n) is 5.05. The minimum atomic E-state index is -1.24. The zero-order valence-electron chi connectivity index (χ0n) is 14.5. The number of benzene rings is 2. The van der Waals surface area contributed by atoms with Gasteiger partial charge in [-0.2, -0.15) is 0 Å². The molecule has 2 aromatic carbocycles. The van der Waals surface area contributed by atoms with E-state index < -0.39 is 11.9 Å². The van der Waals surface area contributed by atoms with Gasteiger partial charge in [-0.25, -0.2) is 9.59 Å². The number of hydrogen-bond acceptors (Lipinski definition) is 7. The first-order valence-corrected chi connectivity index (χ1v) is 7.41. The molecular weight excluding hydrogens is 454 g/mol. The number of aromatic hydroxyl groups is 2. The number of carboxylic acids is 1. The molecule has 28 heavy (non-hydrogen) atoms. The van der Waals surface area contributed by atoms with Crippen LogP contribution in [0.3, 0.4) is 0 Å². The largest absolute Gasteiger partial charge is 0.506 e. The molecule has 0 spiro atoms. The quantitative estimate of drug-likeness (QED) is 0.337. The predicted molar refractivity (Wildman–Crippen MR) is 94.6 cm³/mol. The summed E-state index contributed by atoms with van der Waals surface area (Å²) in [6, 6.07) is 8.85. The van der Waals surface area contributed by atoms with Crippen molar-refractivity contribution in [2.45, 2.75) is 0 Å². The van der Waals surface area contributed by atoms with E-state index in [0.29, 0.717) is 5.56 Å². The number of carboxylic acid groups (broad SMARTS) is 1. The van der Waals surface area contributed by atoms with Crippen LogP contribution in [0.15, 0.2) is 46.4 Å². The van der Waals surface area contributed by atoms with Gasteiger partial charge in [0.15, 0.2) is 0 Å². The van der Waals surface area contributed by atoms with Crippen molar-refractivity contribution < 1.29 is 63.5 Å². The topological polar surface area (TPSA) is 129 Å². The summed E-state index contributed by atoms with van der Waals surface area (Å²) in [6.45, 7) is -0.0291. The molecular formula is C18H16CoMnN2O6. The van der Waals surface area contributed by atoms with Crippen LogP contribution < -0.4 is 0 Å². The first-order chi connectivity index (χ1) is 12.5. The van der Waals surface area contributed by atoms with Gasteiger partial charge >= 0.3 is 11.9 Å². The molecule has 0 atom stereocenters. The molecule has 10 heteroatoms. The van der Waals surface area contributed by atoms with Gasteiger partial charge in [0.25, 0.3) is 0 Å². The van der Waals surface area contributed by atoms with E-state index in [9.17, 15) is 19.8 Å². The van der Waals surface area contributed by atoms with Crippen LogP contribution >= 0.6 is 0 Å². The van der Waals surface area contributed by atoms with Gasteiger partial charge in [0.1, 0.15) is 29.3 Å². The molecule has 2 rings (SSSR count). The van der Waals surface area contributed by atoms with E-state index >= 15 is 0 Å². The number of ether oxygens (including phenoxy) is 1. The fraction of sp³-hybridized carbons (Fsp3) is 0.111. The minimum Gasteiger partial charge on any atom is -0.506 e. The summed E-state index contributed by atoms with van der Waals surface area (Å²) >= 11 is 0. The van der Waals surface area contributed by atoms with Gasteiger partial charge in [-0.1, -0.05) is 12.1 Å². The molecule has 3 N–H and O–H groups in total. The van der Waals surface area contributed by atoms with Crippen LogP contribution in [0.25, 0.3) is 0 Å². The smallest absolute Gasteiger partial charge is 0.341 e. The SMILES string of the molecule is COC(=O)c1cccc(C=NCN=Cc2cccc(C(=O)O)c2O)c1O.[Co].[Mn]. The van der Waals surface area contributed by atoms with Crippen molar-refractivity contribution in [3.63, 3.8) is 0 Å². The Morgan fingerprint density at radius 2 is 1.43 bits per heavy atom. The average Bonchev–Trinajstić information content (AvgIpc) is 2.63. The summed E-state index contributed by atoms with van der Waals surface area (Å²) in [7, 11) is 1.21. The maximum atomic E-state index is 11.5. The third-order valence-corrected chi connectivity index (χ3v) is 3.39. The molecule has 0 bridgehead atoms. The monoisotopic (exact) mass is 470 g/mol. The molecule has 150 valence electrons. The van der Waals surface area contributed by atoms with Gasteiger partial charge in [0, 0.05) is 57.4 Å². The van der Waals surface area contributed by atoms with Crippen molar-refractivity contribution in [3.8, 4) is 11.5 Å². The number of methoxy groups -OCH3 is 1. The molecule has 0 aromatic heterocycles. The molecule has 0 fully saturated rings. The van der Waals surface area contributed by atoms with Crippen molar-refractivity contribution in [1.29, 1.82) is 0 Å². The van der Waals surface area contributed by atoms with Crippen LogP contribution in [-0.4, -0.2) is 53.5 Å². The molecule has 2 radical (unpaired) electrons. The van der Waals surface area contributed by atoms with E-state index in [1.54, 1.807) is 12.1 Å². The molecule has 0 saturated carbocycles. The second-order valence-corrected chi connectivity index (χ2v) is 5.05. The maximum Gasteiger partial charge on any atom is 0.341 e. The van der Waals surface area contributed by atoms with Crippen LogP contribution in [0.2, 0.25) is 0 Å². The fourth-order valence-electron chi connectivity index (χ4n) is 2.10. The zero-order chi connectivity index (χ0) is 19.1. The number of rotatable bonds is 6. The Bertz CT molecular complexity index is 902. The van der Waals surface area contributed by atoms with Gasteiger partial charge in [0.05, 0.1) is 7.11 Å². The molecule has 0 saturated heterocycles. The number of phenols is 2. The van der Waals surface area contributed by atoms with E-state index in [-0.39, 0.29) is 68.7 Å². The van der Waals surface area contributed by atoms with Crippen LogP contribution in [0.4, 0.5) is 0 Å². The molecule has 0 unspecified atom stereocenters. The Kier molecular flexibility index (Phi) is 10.8. The molecule has 0 aliphatic heterocycles. The fourth-order valence-corrected chi connectivity index (χ4v) is 2.10. The van der Waals surface area contributed by atoms with Gasteiger partial charge in [-0.3, -0.25) is 9.98 Å². The Labute approximate surface area is 181 Å². The summed E-state index contributed by atoms with van der Waals surface area (Å²) < 4.78 is 4.57. The number of hydrogen-bond donors (Lipinski definition) is 3. The summed E-state index contributed by atoms with van der Waals surface area (Å²) in [5.41, 5.74) is 0.367. The van der Waals surface area contributed by atoms with E-state index in [0.717, 1.165) is 0 Å². The summed E-state index contributed by atoms with van der Waals surface area (Å²) in [5.74, 6) is -2.53. The summed E-state index contributed by atoms with van der Waals surface area (Å²) in [4.78, 5) is 30.4. The number of aliphatic imine (C=N–C) groups is 2. The molecule has 2 aromatic rings. The number of nitrogens with zero attached hydrogens (tertiary/aromatic N) is 2.